The van der Waals surface area contributed by atoms with Gasteiger partial charge in [-0.25, -0.2) is 4.98 Å². The van der Waals surface area contributed by atoms with Gasteiger partial charge < -0.3 is 15.1 Å². The number of amides is 2. The Morgan fingerprint density at radius 1 is 1.10 bits per heavy atom. The van der Waals surface area contributed by atoms with Crippen LogP contribution in [0, 0.1) is 0 Å². The molecular formula is C20H20N4O4S. The Hall–Kier alpha value is -3.33. The van der Waals surface area contributed by atoms with E-state index in [0.717, 1.165) is 18.6 Å². The Labute approximate surface area is 171 Å². The van der Waals surface area contributed by atoms with E-state index in [2.05, 4.69) is 27.5 Å². The molecule has 3 N–H and O–H groups in total. The molecule has 2 aromatic heterocycles. The molecule has 2 heterocycles. The van der Waals surface area contributed by atoms with Gasteiger partial charge in [0.05, 0.1) is 6.26 Å². The van der Waals surface area contributed by atoms with E-state index in [1.165, 1.54) is 24.1 Å². The number of thioether (sulfide) groups is 1. The molecule has 29 heavy (non-hydrogen) atoms. The minimum Gasteiger partial charge on any atom is -0.459 e. The van der Waals surface area contributed by atoms with Gasteiger partial charge in [-0.15, -0.1) is 0 Å². The van der Waals surface area contributed by atoms with Crippen molar-refractivity contribution in [1.82, 2.24) is 9.97 Å². The largest absolute Gasteiger partial charge is 0.459 e. The first-order valence-electron chi connectivity index (χ1n) is 9.07. The van der Waals surface area contributed by atoms with E-state index in [0.29, 0.717) is 10.7 Å². The lowest BCUT2D eigenvalue weighted by Gasteiger charge is -2.12. The second-order valence-corrected chi connectivity index (χ2v) is 7.13. The van der Waals surface area contributed by atoms with Crippen LogP contribution in [0.4, 0.5) is 11.5 Å². The molecule has 1 aromatic carbocycles. The minimum absolute atomic E-state index is 0.0431. The highest BCUT2D eigenvalue weighted by Gasteiger charge is 2.19. The lowest BCUT2D eigenvalue weighted by molar-refractivity contribution is 0.0992. The third kappa shape index (κ3) is 5.35. The zero-order valence-electron chi connectivity index (χ0n) is 15.7. The van der Waals surface area contributed by atoms with Crippen LogP contribution in [0.2, 0.25) is 0 Å². The normalized spacial score (nSPS) is 10.5. The number of hydrogen-bond acceptors (Lipinski definition) is 6. The van der Waals surface area contributed by atoms with Crippen LogP contribution in [0.25, 0.3) is 0 Å². The van der Waals surface area contributed by atoms with E-state index in [1.54, 1.807) is 36.4 Å². The number of furan rings is 1. The predicted molar refractivity (Wildman–Crippen MR) is 112 cm³/mol. The highest BCUT2D eigenvalue weighted by molar-refractivity contribution is 7.99. The Balaban J connectivity index is 1.91. The summed E-state index contributed by atoms with van der Waals surface area (Å²) in [5.41, 5.74) is -0.326. The third-order valence-corrected chi connectivity index (χ3v) is 4.85. The lowest BCUT2D eigenvalue weighted by Crippen LogP contribution is -2.25. The Morgan fingerprint density at radius 2 is 1.90 bits per heavy atom. The van der Waals surface area contributed by atoms with E-state index < -0.39 is 17.4 Å². The molecule has 0 radical (unpaired) electrons. The SMILES string of the molecule is CCCCSc1nc(NC(=O)c2ccco2)c(NC(=O)c2ccccc2)c(=O)[nH]1. The number of aromatic nitrogens is 2. The summed E-state index contributed by atoms with van der Waals surface area (Å²) in [6.07, 6.45) is 3.32. The van der Waals surface area contributed by atoms with Gasteiger partial charge in [0.1, 0.15) is 0 Å². The Bertz CT molecular complexity index is 1030. The fourth-order valence-electron chi connectivity index (χ4n) is 2.39. The van der Waals surface area contributed by atoms with E-state index in [9.17, 15) is 14.4 Å². The molecule has 3 rings (SSSR count). The standard InChI is InChI=1S/C20H20N4O4S/c1-2-3-12-29-20-23-16(22-18(26)14-10-7-11-28-14)15(19(27)24-20)21-17(25)13-8-5-4-6-9-13/h4-11H,2-3,12H2,1H3,(H,21,25)(H2,22,23,24,26,27). The molecule has 0 fully saturated rings. The average molecular weight is 412 g/mol. The second-order valence-electron chi connectivity index (χ2n) is 6.05. The molecule has 0 unspecified atom stereocenters. The van der Waals surface area contributed by atoms with Crippen LogP contribution in [0.1, 0.15) is 40.7 Å². The van der Waals surface area contributed by atoms with E-state index in [-0.39, 0.29) is 17.3 Å². The van der Waals surface area contributed by atoms with Crippen LogP contribution >= 0.6 is 11.8 Å². The molecule has 0 atom stereocenters. The van der Waals surface area contributed by atoms with Gasteiger partial charge in [0.15, 0.2) is 22.4 Å². The van der Waals surface area contributed by atoms with Crippen molar-refractivity contribution in [3.63, 3.8) is 0 Å². The van der Waals surface area contributed by atoms with Gasteiger partial charge in [-0.1, -0.05) is 43.3 Å². The number of hydrogen-bond donors (Lipinski definition) is 3. The quantitative estimate of drug-likeness (QED) is 0.295. The number of H-pyrrole nitrogens is 1. The summed E-state index contributed by atoms with van der Waals surface area (Å²) in [4.78, 5) is 44.5. The molecule has 150 valence electrons. The maximum absolute atomic E-state index is 12.6. The van der Waals surface area contributed by atoms with Crippen molar-refractivity contribution in [3.8, 4) is 0 Å². The summed E-state index contributed by atoms with van der Waals surface area (Å²) < 4.78 is 5.08. The van der Waals surface area contributed by atoms with Crippen LogP contribution in [0.15, 0.2) is 63.1 Å². The first-order chi connectivity index (χ1) is 14.1. The number of nitrogens with one attached hydrogen (secondary N) is 3. The monoisotopic (exact) mass is 412 g/mol. The van der Waals surface area contributed by atoms with Crippen molar-refractivity contribution in [2.24, 2.45) is 0 Å². The predicted octanol–water partition coefficient (Wildman–Crippen LogP) is 3.76. The number of unbranched alkanes of at least 4 members (excludes halogenated alkanes) is 1. The van der Waals surface area contributed by atoms with Gasteiger partial charge in [-0.05, 0) is 30.7 Å². The molecule has 3 aromatic rings. The molecule has 9 heteroatoms. The van der Waals surface area contributed by atoms with Gasteiger partial charge >= 0.3 is 0 Å². The average Bonchev–Trinajstić information content (AvgIpc) is 3.26. The van der Waals surface area contributed by atoms with Crippen LogP contribution in [0.5, 0.6) is 0 Å². The van der Waals surface area contributed by atoms with Crippen molar-refractivity contribution in [1.29, 1.82) is 0 Å². The highest BCUT2D eigenvalue weighted by atomic mass is 32.2. The molecule has 0 saturated carbocycles. The lowest BCUT2D eigenvalue weighted by atomic mass is 10.2. The molecule has 8 nitrogen and oxygen atoms in total. The number of nitrogens with zero attached hydrogens (tertiary/aromatic N) is 1. The van der Waals surface area contributed by atoms with Gasteiger partial charge in [-0.3, -0.25) is 19.4 Å². The number of carbonyl (C=O) groups is 2. The Morgan fingerprint density at radius 3 is 2.59 bits per heavy atom. The van der Waals surface area contributed by atoms with Gasteiger partial charge in [-0.2, -0.15) is 0 Å². The summed E-state index contributed by atoms with van der Waals surface area (Å²) in [5.74, 6) is -0.280. The van der Waals surface area contributed by atoms with E-state index in [1.807, 2.05) is 0 Å². The maximum atomic E-state index is 12.6. The fraction of sp³-hybridized carbons (Fsp3) is 0.200. The Kier molecular flexibility index (Phi) is 6.85. The van der Waals surface area contributed by atoms with Crippen molar-refractivity contribution < 1.29 is 14.0 Å². The number of benzene rings is 1. The van der Waals surface area contributed by atoms with E-state index >= 15 is 0 Å². The van der Waals surface area contributed by atoms with Crippen molar-refractivity contribution in [3.05, 3.63) is 70.4 Å². The summed E-state index contributed by atoms with van der Waals surface area (Å²) in [5, 5.41) is 5.45. The summed E-state index contributed by atoms with van der Waals surface area (Å²) in [6.45, 7) is 2.06. The maximum Gasteiger partial charge on any atom is 0.292 e. The fourth-order valence-corrected chi connectivity index (χ4v) is 3.34. The van der Waals surface area contributed by atoms with Gasteiger partial charge in [0.2, 0.25) is 0 Å². The zero-order chi connectivity index (χ0) is 20.6. The number of aromatic amines is 1. The third-order valence-electron chi connectivity index (χ3n) is 3.89. The van der Waals surface area contributed by atoms with Crippen LogP contribution < -0.4 is 16.2 Å². The number of anilines is 2. The molecule has 2 amide bonds. The second kappa shape index (κ2) is 9.74. The van der Waals surface area contributed by atoms with Crippen molar-refractivity contribution in [2.75, 3.05) is 16.4 Å². The summed E-state index contributed by atoms with van der Waals surface area (Å²) >= 11 is 1.37. The van der Waals surface area contributed by atoms with Crippen LogP contribution in [-0.4, -0.2) is 27.5 Å². The number of rotatable bonds is 8. The molecule has 0 aliphatic rings. The van der Waals surface area contributed by atoms with Crippen LogP contribution in [-0.2, 0) is 0 Å². The topological polar surface area (TPSA) is 117 Å². The highest BCUT2D eigenvalue weighted by Crippen LogP contribution is 2.21. The summed E-state index contributed by atoms with van der Waals surface area (Å²) in [6, 6.07) is 11.5. The van der Waals surface area contributed by atoms with Gasteiger partial charge in [0.25, 0.3) is 17.4 Å². The molecule has 0 bridgehead atoms. The van der Waals surface area contributed by atoms with Gasteiger partial charge in [0, 0.05) is 11.3 Å². The zero-order valence-corrected chi connectivity index (χ0v) is 16.5. The molecule has 0 aliphatic carbocycles. The van der Waals surface area contributed by atoms with Crippen molar-refractivity contribution >= 4 is 35.1 Å². The minimum atomic E-state index is -0.576. The molecule has 0 spiro atoms. The molecule has 0 saturated heterocycles. The summed E-state index contributed by atoms with van der Waals surface area (Å²) in [7, 11) is 0. The van der Waals surface area contributed by atoms with Crippen LogP contribution in [0.3, 0.4) is 0 Å². The van der Waals surface area contributed by atoms with E-state index in [4.69, 9.17) is 4.42 Å². The first kappa shape index (κ1) is 20.4. The molecule has 0 aliphatic heterocycles. The smallest absolute Gasteiger partial charge is 0.292 e. The first-order valence-corrected chi connectivity index (χ1v) is 10.1. The number of carbonyl (C=O) groups excluding carboxylic acids is 2. The van der Waals surface area contributed by atoms with Crippen molar-refractivity contribution in [2.45, 2.75) is 24.9 Å². The molecular weight excluding hydrogens is 392 g/mol.